The second-order valence-corrected chi connectivity index (χ2v) is 4.65. The average molecular weight is 225 g/mol. The molecule has 0 aliphatic rings. The van der Waals surface area contributed by atoms with E-state index in [0.29, 0.717) is 0 Å². The van der Waals surface area contributed by atoms with Gasteiger partial charge in [-0.2, -0.15) is 0 Å². The van der Waals surface area contributed by atoms with Gasteiger partial charge in [-0.05, 0) is 18.6 Å². The number of furan rings is 1. The summed E-state index contributed by atoms with van der Waals surface area (Å²) in [5.74, 6) is 1.99. The minimum Gasteiger partial charge on any atom is -0.465 e. The number of nitrogens with one attached hydrogen (secondary N) is 1. The zero-order valence-electron chi connectivity index (χ0n) is 10.5. The van der Waals surface area contributed by atoms with Crippen molar-refractivity contribution in [2.45, 2.75) is 40.2 Å². The van der Waals surface area contributed by atoms with Crippen LogP contribution in [0.4, 0.5) is 0 Å². The smallest absolute Gasteiger partial charge is 0.117 e. The van der Waals surface area contributed by atoms with Gasteiger partial charge in [-0.3, -0.25) is 0 Å². The Labute approximate surface area is 97.9 Å². The quantitative estimate of drug-likeness (QED) is 0.748. The first-order valence-electron chi connectivity index (χ1n) is 6.02. The van der Waals surface area contributed by atoms with E-state index in [4.69, 9.17) is 4.42 Å². The summed E-state index contributed by atoms with van der Waals surface area (Å²) < 4.78 is 5.59. The number of hydrogen-bond acceptors (Lipinski definition) is 3. The van der Waals surface area contributed by atoms with Crippen LogP contribution in [0.1, 0.15) is 38.7 Å². The molecule has 0 amide bonds. The van der Waals surface area contributed by atoms with Gasteiger partial charge in [-0.1, -0.05) is 20.8 Å². The molecule has 3 nitrogen and oxygen atoms in total. The lowest BCUT2D eigenvalue weighted by Gasteiger charge is -2.25. The monoisotopic (exact) mass is 225 g/mol. The lowest BCUT2D eigenvalue weighted by atomic mass is 9.89. The third kappa shape index (κ3) is 3.65. The number of aliphatic hydroxyl groups is 1. The second kappa shape index (κ2) is 6.06. The summed E-state index contributed by atoms with van der Waals surface area (Å²) >= 11 is 0. The zero-order chi connectivity index (χ0) is 12.0. The van der Waals surface area contributed by atoms with E-state index in [-0.39, 0.29) is 12.0 Å². The molecule has 1 aromatic rings. The van der Waals surface area contributed by atoms with Crippen molar-refractivity contribution in [2.24, 2.45) is 5.41 Å². The zero-order valence-corrected chi connectivity index (χ0v) is 10.5. The van der Waals surface area contributed by atoms with E-state index in [2.05, 4.69) is 26.1 Å². The van der Waals surface area contributed by atoms with E-state index in [1.165, 1.54) is 0 Å². The number of hydrogen-bond donors (Lipinski definition) is 2. The minimum absolute atomic E-state index is 0.0276. The molecule has 1 aromatic heterocycles. The van der Waals surface area contributed by atoms with Crippen LogP contribution >= 0.6 is 0 Å². The Morgan fingerprint density at radius 1 is 1.31 bits per heavy atom. The molecule has 0 fully saturated rings. The topological polar surface area (TPSA) is 45.4 Å². The van der Waals surface area contributed by atoms with Crippen molar-refractivity contribution in [1.29, 1.82) is 0 Å². The average Bonchev–Trinajstić information content (AvgIpc) is 2.77. The first kappa shape index (κ1) is 13.3. The van der Waals surface area contributed by atoms with E-state index in [0.717, 1.165) is 37.5 Å². The number of aliphatic hydroxyl groups excluding tert-OH is 1. The molecule has 1 atom stereocenters. The molecule has 0 bridgehead atoms. The predicted molar refractivity (Wildman–Crippen MR) is 65.3 cm³/mol. The van der Waals surface area contributed by atoms with Crippen molar-refractivity contribution < 1.29 is 9.52 Å². The summed E-state index contributed by atoms with van der Waals surface area (Å²) in [7, 11) is 0. The maximum atomic E-state index is 9.26. The Balaban J connectivity index is 2.35. The Bertz CT molecular complexity index is 303. The third-order valence-corrected chi connectivity index (χ3v) is 3.15. The molecular formula is C13H23NO2. The van der Waals surface area contributed by atoms with Crippen molar-refractivity contribution in [3.05, 3.63) is 23.7 Å². The summed E-state index contributed by atoms with van der Waals surface area (Å²) in [6.07, 6.45) is 1.90. The van der Waals surface area contributed by atoms with E-state index in [1.807, 2.05) is 12.1 Å². The van der Waals surface area contributed by atoms with Crippen LogP contribution in [-0.2, 0) is 13.0 Å². The molecule has 92 valence electrons. The number of aryl methyl sites for hydroxylation is 1. The Morgan fingerprint density at radius 2 is 2.00 bits per heavy atom. The highest BCUT2D eigenvalue weighted by Gasteiger charge is 2.20. The van der Waals surface area contributed by atoms with Crippen LogP contribution < -0.4 is 5.32 Å². The fraction of sp³-hybridized carbons (Fsp3) is 0.692. The Kier molecular flexibility index (Phi) is 5.03. The highest BCUT2D eigenvalue weighted by Crippen LogP contribution is 2.18. The normalized spacial score (nSPS) is 15.0. The van der Waals surface area contributed by atoms with Gasteiger partial charge in [-0.25, -0.2) is 0 Å². The third-order valence-electron chi connectivity index (χ3n) is 3.15. The summed E-state index contributed by atoms with van der Waals surface area (Å²) in [5.41, 5.74) is -0.0276. The molecule has 0 saturated heterocycles. The Hall–Kier alpha value is -0.800. The van der Waals surface area contributed by atoms with E-state index >= 15 is 0 Å². The van der Waals surface area contributed by atoms with Crippen molar-refractivity contribution in [1.82, 2.24) is 5.32 Å². The van der Waals surface area contributed by atoms with Gasteiger partial charge in [0.25, 0.3) is 0 Å². The molecule has 0 aromatic carbocycles. The predicted octanol–water partition coefficient (Wildman–Crippen LogP) is 2.34. The van der Waals surface area contributed by atoms with E-state index < -0.39 is 0 Å². The molecule has 0 aliphatic carbocycles. The lowest BCUT2D eigenvalue weighted by Crippen LogP contribution is -2.33. The molecule has 16 heavy (non-hydrogen) atoms. The molecule has 1 heterocycles. The first-order valence-corrected chi connectivity index (χ1v) is 6.02. The summed E-state index contributed by atoms with van der Waals surface area (Å²) in [4.78, 5) is 0. The van der Waals surface area contributed by atoms with Crippen LogP contribution in [0.5, 0.6) is 0 Å². The summed E-state index contributed by atoms with van der Waals surface area (Å²) in [6.45, 7) is 8.02. The van der Waals surface area contributed by atoms with Gasteiger partial charge in [0.15, 0.2) is 0 Å². The molecule has 0 saturated carbocycles. The van der Waals surface area contributed by atoms with Crippen LogP contribution in [0, 0.1) is 5.41 Å². The van der Waals surface area contributed by atoms with Crippen LogP contribution in [0.3, 0.4) is 0 Å². The standard InChI is InChI=1S/C13H23NO2/c1-4-11-6-7-12(16-11)8-14-9-13(3,5-2)10-15/h6-7,14-15H,4-5,8-10H2,1-3H3. The van der Waals surface area contributed by atoms with Crippen molar-refractivity contribution in [3.8, 4) is 0 Å². The fourth-order valence-corrected chi connectivity index (χ4v) is 1.49. The molecule has 0 aliphatic heterocycles. The fourth-order valence-electron chi connectivity index (χ4n) is 1.49. The van der Waals surface area contributed by atoms with E-state index in [9.17, 15) is 5.11 Å². The maximum Gasteiger partial charge on any atom is 0.117 e. The summed E-state index contributed by atoms with van der Waals surface area (Å²) in [6, 6.07) is 4.02. The van der Waals surface area contributed by atoms with Crippen LogP contribution in [0.2, 0.25) is 0 Å². The second-order valence-electron chi connectivity index (χ2n) is 4.65. The SMILES string of the molecule is CCc1ccc(CNCC(C)(CC)CO)o1. The van der Waals surface area contributed by atoms with Crippen molar-refractivity contribution in [3.63, 3.8) is 0 Å². The van der Waals surface area contributed by atoms with Gasteiger partial charge >= 0.3 is 0 Å². The largest absolute Gasteiger partial charge is 0.465 e. The van der Waals surface area contributed by atoms with Crippen LogP contribution in [-0.4, -0.2) is 18.3 Å². The first-order chi connectivity index (χ1) is 7.63. The number of rotatable bonds is 7. The lowest BCUT2D eigenvalue weighted by molar-refractivity contribution is 0.134. The van der Waals surface area contributed by atoms with Gasteiger partial charge < -0.3 is 14.8 Å². The Morgan fingerprint density at radius 3 is 2.50 bits per heavy atom. The van der Waals surface area contributed by atoms with Gasteiger partial charge in [-0.15, -0.1) is 0 Å². The molecule has 0 spiro atoms. The van der Waals surface area contributed by atoms with Crippen molar-refractivity contribution >= 4 is 0 Å². The highest BCUT2D eigenvalue weighted by molar-refractivity contribution is 5.06. The van der Waals surface area contributed by atoms with E-state index in [1.54, 1.807) is 0 Å². The van der Waals surface area contributed by atoms with Crippen LogP contribution in [0.25, 0.3) is 0 Å². The minimum atomic E-state index is -0.0276. The van der Waals surface area contributed by atoms with Gasteiger partial charge in [0, 0.05) is 25.0 Å². The van der Waals surface area contributed by atoms with Gasteiger partial charge in [0.2, 0.25) is 0 Å². The van der Waals surface area contributed by atoms with Gasteiger partial charge in [0.1, 0.15) is 11.5 Å². The van der Waals surface area contributed by atoms with Gasteiger partial charge in [0.05, 0.1) is 6.54 Å². The molecule has 1 unspecified atom stereocenters. The highest BCUT2D eigenvalue weighted by atomic mass is 16.3. The molecule has 2 N–H and O–H groups in total. The van der Waals surface area contributed by atoms with Crippen molar-refractivity contribution in [2.75, 3.05) is 13.2 Å². The summed E-state index contributed by atoms with van der Waals surface area (Å²) in [5, 5.41) is 12.6. The van der Waals surface area contributed by atoms with Crippen LogP contribution in [0.15, 0.2) is 16.5 Å². The molecule has 1 rings (SSSR count). The maximum absolute atomic E-state index is 9.26. The molecule has 0 radical (unpaired) electrons. The molecule has 3 heteroatoms. The molecular weight excluding hydrogens is 202 g/mol.